The number of rotatable bonds is 5. The molecule has 1 aliphatic rings. The Morgan fingerprint density at radius 3 is 2.79 bits per heavy atom. The zero-order valence-corrected chi connectivity index (χ0v) is 14.2. The van der Waals surface area contributed by atoms with Gasteiger partial charge in [-0.25, -0.2) is 0 Å². The van der Waals surface area contributed by atoms with Gasteiger partial charge in [0.15, 0.2) is 6.61 Å². The van der Waals surface area contributed by atoms with E-state index in [1.807, 2.05) is 0 Å². The van der Waals surface area contributed by atoms with E-state index in [1.54, 1.807) is 25.1 Å². The summed E-state index contributed by atoms with van der Waals surface area (Å²) in [6, 6.07) is 5.01. The van der Waals surface area contributed by atoms with Crippen molar-refractivity contribution < 1.29 is 22.7 Å². The Bertz CT molecular complexity index is 547. The number of ether oxygens (including phenoxy) is 1. The summed E-state index contributed by atoms with van der Waals surface area (Å²) < 4.78 is 41.9. The molecule has 1 aromatic carbocycles. The lowest BCUT2D eigenvalue weighted by molar-refractivity contribution is -0.153. The van der Waals surface area contributed by atoms with Crippen molar-refractivity contribution in [3.63, 3.8) is 0 Å². The average molecular weight is 367 g/mol. The van der Waals surface area contributed by atoms with Crippen molar-refractivity contribution >= 4 is 18.3 Å². The third-order valence-electron chi connectivity index (χ3n) is 3.73. The molecule has 1 atom stereocenters. The molecule has 8 heteroatoms. The SMILES string of the molecule is Cc1ccc(CNC(=O)C2CCCNC2)c(OCC(F)(F)F)c1.Cl. The lowest BCUT2D eigenvalue weighted by Crippen LogP contribution is -2.40. The van der Waals surface area contributed by atoms with Gasteiger partial charge in [0.05, 0.1) is 5.92 Å². The van der Waals surface area contributed by atoms with Crippen LogP contribution in [0.5, 0.6) is 5.75 Å². The molecule has 0 bridgehead atoms. The van der Waals surface area contributed by atoms with Crippen molar-refractivity contribution in [3.8, 4) is 5.75 Å². The van der Waals surface area contributed by atoms with E-state index in [4.69, 9.17) is 4.74 Å². The minimum atomic E-state index is -4.39. The maximum Gasteiger partial charge on any atom is 0.422 e. The summed E-state index contributed by atoms with van der Waals surface area (Å²) in [4.78, 5) is 12.1. The Labute approximate surface area is 145 Å². The Kier molecular flexibility index (Phi) is 7.83. The van der Waals surface area contributed by atoms with Crippen LogP contribution >= 0.6 is 12.4 Å². The van der Waals surface area contributed by atoms with E-state index in [9.17, 15) is 18.0 Å². The normalized spacial score (nSPS) is 17.8. The highest BCUT2D eigenvalue weighted by atomic mass is 35.5. The first-order chi connectivity index (χ1) is 10.8. The molecule has 2 N–H and O–H groups in total. The fourth-order valence-corrected chi connectivity index (χ4v) is 2.50. The number of amides is 1. The van der Waals surface area contributed by atoms with Crippen LogP contribution in [0.4, 0.5) is 13.2 Å². The molecule has 1 aliphatic heterocycles. The van der Waals surface area contributed by atoms with Gasteiger partial charge in [-0.3, -0.25) is 4.79 Å². The lowest BCUT2D eigenvalue weighted by atomic mass is 9.99. The van der Waals surface area contributed by atoms with Crippen LogP contribution in [0.3, 0.4) is 0 Å². The molecular formula is C16H22ClF3N2O2. The minimum absolute atomic E-state index is 0. The number of piperidine rings is 1. The Morgan fingerprint density at radius 1 is 1.42 bits per heavy atom. The highest BCUT2D eigenvalue weighted by Crippen LogP contribution is 2.24. The molecule has 2 rings (SSSR count). The number of halogens is 4. The van der Waals surface area contributed by atoms with Gasteiger partial charge in [0.2, 0.25) is 5.91 Å². The van der Waals surface area contributed by atoms with Gasteiger partial charge < -0.3 is 15.4 Å². The van der Waals surface area contributed by atoms with Gasteiger partial charge in [-0.05, 0) is 37.9 Å². The molecular weight excluding hydrogens is 345 g/mol. The molecule has 0 saturated carbocycles. The second-order valence-corrected chi connectivity index (χ2v) is 5.78. The number of aryl methyl sites for hydroxylation is 1. The average Bonchev–Trinajstić information content (AvgIpc) is 2.52. The minimum Gasteiger partial charge on any atom is -0.484 e. The van der Waals surface area contributed by atoms with Crippen molar-refractivity contribution in [2.24, 2.45) is 5.92 Å². The molecule has 1 fully saturated rings. The standard InChI is InChI=1S/C16H21F3N2O2.ClH/c1-11-4-5-12(14(7-11)23-10-16(17,18)19)9-21-15(22)13-3-2-6-20-8-13;/h4-5,7,13,20H,2-3,6,8-10H2,1H3,(H,21,22);1H. The third-order valence-corrected chi connectivity index (χ3v) is 3.73. The van der Waals surface area contributed by atoms with Crippen molar-refractivity contribution in [1.29, 1.82) is 0 Å². The summed E-state index contributed by atoms with van der Waals surface area (Å²) in [5.74, 6) is -0.0160. The maximum absolute atomic E-state index is 12.3. The highest BCUT2D eigenvalue weighted by Gasteiger charge is 2.29. The molecule has 1 amide bonds. The lowest BCUT2D eigenvalue weighted by Gasteiger charge is -2.22. The predicted molar refractivity (Wildman–Crippen MR) is 87.4 cm³/mol. The van der Waals surface area contributed by atoms with Crippen molar-refractivity contribution in [2.45, 2.75) is 32.5 Å². The molecule has 4 nitrogen and oxygen atoms in total. The summed E-state index contributed by atoms with van der Waals surface area (Å²) in [7, 11) is 0. The smallest absolute Gasteiger partial charge is 0.422 e. The van der Waals surface area contributed by atoms with E-state index in [1.165, 1.54) is 0 Å². The number of carbonyl (C=O) groups is 1. The number of hydrogen-bond donors (Lipinski definition) is 2. The summed E-state index contributed by atoms with van der Waals surface area (Å²) in [6.07, 6.45) is -2.62. The third kappa shape index (κ3) is 6.57. The quantitative estimate of drug-likeness (QED) is 0.842. The number of carbonyl (C=O) groups excluding carboxylic acids is 1. The van der Waals surface area contributed by atoms with Crippen LogP contribution in [-0.4, -0.2) is 31.8 Å². The van der Waals surface area contributed by atoms with Crippen LogP contribution in [0.1, 0.15) is 24.0 Å². The van der Waals surface area contributed by atoms with Gasteiger partial charge in [-0.15, -0.1) is 12.4 Å². The van der Waals surface area contributed by atoms with E-state index in [-0.39, 0.29) is 36.5 Å². The Balaban J connectivity index is 0.00000288. The molecule has 0 aliphatic carbocycles. The first kappa shape index (κ1) is 20.6. The van der Waals surface area contributed by atoms with Gasteiger partial charge in [-0.2, -0.15) is 13.2 Å². The highest BCUT2D eigenvalue weighted by molar-refractivity contribution is 5.85. The number of nitrogens with one attached hydrogen (secondary N) is 2. The molecule has 1 aromatic rings. The van der Waals surface area contributed by atoms with E-state index in [0.29, 0.717) is 12.1 Å². The van der Waals surface area contributed by atoms with Gasteiger partial charge in [-0.1, -0.05) is 12.1 Å². The molecule has 1 unspecified atom stereocenters. The number of hydrogen-bond acceptors (Lipinski definition) is 3. The fraction of sp³-hybridized carbons (Fsp3) is 0.562. The van der Waals surface area contributed by atoms with Crippen LogP contribution in [0.2, 0.25) is 0 Å². The van der Waals surface area contributed by atoms with Crippen LogP contribution in [0, 0.1) is 12.8 Å². The number of benzene rings is 1. The topological polar surface area (TPSA) is 50.4 Å². The van der Waals surface area contributed by atoms with Gasteiger partial charge in [0.25, 0.3) is 0 Å². The van der Waals surface area contributed by atoms with E-state index >= 15 is 0 Å². The summed E-state index contributed by atoms with van der Waals surface area (Å²) >= 11 is 0. The van der Waals surface area contributed by atoms with E-state index < -0.39 is 12.8 Å². The second-order valence-electron chi connectivity index (χ2n) is 5.78. The molecule has 0 radical (unpaired) electrons. The van der Waals surface area contributed by atoms with E-state index in [2.05, 4.69) is 10.6 Å². The monoisotopic (exact) mass is 366 g/mol. The molecule has 0 spiro atoms. The summed E-state index contributed by atoms with van der Waals surface area (Å²) in [6.45, 7) is 2.14. The molecule has 0 aromatic heterocycles. The van der Waals surface area contributed by atoms with Crippen LogP contribution in [-0.2, 0) is 11.3 Å². The van der Waals surface area contributed by atoms with E-state index in [0.717, 1.165) is 24.9 Å². The van der Waals surface area contributed by atoms with Crippen molar-refractivity contribution in [3.05, 3.63) is 29.3 Å². The zero-order valence-electron chi connectivity index (χ0n) is 13.4. The molecule has 136 valence electrons. The van der Waals surface area contributed by atoms with Crippen LogP contribution < -0.4 is 15.4 Å². The Hall–Kier alpha value is -1.47. The summed E-state index contributed by atoms with van der Waals surface area (Å²) in [5.41, 5.74) is 1.34. The zero-order chi connectivity index (χ0) is 16.9. The van der Waals surface area contributed by atoms with Gasteiger partial charge in [0.1, 0.15) is 5.75 Å². The fourth-order valence-electron chi connectivity index (χ4n) is 2.50. The van der Waals surface area contributed by atoms with Gasteiger partial charge >= 0.3 is 6.18 Å². The molecule has 24 heavy (non-hydrogen) atoms. The van der Waals surface area contributed by atoms with Crippen LogP contribution in [0.25, 0.3) is 0 Å². The first-order valence-electron chi connectivity index (χ1n) is 7.62. The predicted octanol–water partition coefficient (Wildman–Crippen LogP) is 2.97. The largest absolute Gasteiger partial charge is 0.484 e. The van der Waals surface area contributed by atoms with Crippen molar-refractivity contribution in [2.75, 3.05) is 19.7 Å². The second kappa shape index (κ2) is 9.13. The molecule has 1 heterocycles. The van der Waals surface area contributed by atoms with Crippen molar-refractivity contribution in [1.82, 2.24) is 10.6 Å². The first-order valence-corrected chi connectivity index (χ1v) is 7.62. The maximum atomic E-state index is 12.3. The Morgan fingerprint density at radius 2 is 2.17 bits per heavy atom. The van der Waals surface area contributed by atoms with Gasteiger partial charge in [0, 0.05) is 18.7 Å². The molecule has 1 saturated heterocycles. The summed E-state index contributed by atoms with van der Waals surface area (Å²) in [5, 5.41) is 5.94. The van der Waals surface area contributed by atoms with Crippen LogP contribution in [0.15, 0.2) is 18.2 Å². The number of alkyl halides is 3.